The largest absolute Gasteiger partial charge is 0.369 e. The first-order chi connectivity index (χ1) is 3.38. The molecule has 2 rings (SSSR count). The highest BCUT2D eigenvalue weighted by molar-refractivity contribution is 4.95. The quantitative estimate of drug-likeness (QED) is 0.414. The molecule has 1 saturated heterocycles. The number of ether oxygens (including phenoxy) is 1. The fraction of sp³-hybridized carbons (Fsp3) is 1.00. The van der Waals surface area contributed by atoms with E-state index < -0.39 is 0 Å². The Hall–Kier alpha value is -0.0400. The van der Waals surface area contributed by atoms with E-state index in [2.05, 4.69) is 6.92 Å². The highest BCUT2D eigenvalue weighted by Crippen LogP contribution is 2.42. The normalized spacial score (nSPS) is 57.0. The van der Waals surface area contributed by atoms with Crippen LogP contribution in [0.15, 0.2) is 0 Å². The molecular weight excluding hydrogens is 88.1 g/mol. The molecule has 0 aromatic heterocycles. The lowest BCUT2D eigenvalue weighted by Crippen LogP contribution is -1.95. The van der Waals surface area contributed by atoms with Crippen molar-refractivity contribution in [3.05, 3.63) is 0 Å². The molecule has 0 aromatic rings. The van der Waals surface area contributed by atoms with Crippen molar-refractivity contribution in [2.24, 2.45) is 5.92 Å². The zero-order valence-electron chi connectivity index (χ0n) is 4.55. The summed E-state index contributed by atoms with van der Waals surface area (Å²) >= 11 is 0. The van der Waals surface area contributed by atoms with Crippen LogP contribution in [0.3, 0.4) is 0 Å². The van der Waals surface area contributed by atoms with E-state index >= 15 is 0 Å². The van der Waals surface area contributed by atoms with E-state index in [-0.39, 0.29) is 0 Å². The highest BCUT2D eigenvalue weighted by atomic mass is 16.6. The fourth-order valence-corrected chi connectivity index (χ4v) is 1.48. The van der Waals surface area contributed by atoms with Gasteiger partial charge in [0, 0.05) is 0 Å². The average molecular weight is 98.1 g/mol. The van der Waals surface area contributed by atoms with Crippen LogP contribution in [-0.4, -0.2) is 12.2 Å². The van der Waals surface area contributed by atoms with Crippen molar-refractivity contribution < 1.29 is 4.74 Å². The smallest absolute Gasteiger partial charge is 0.0867 e. The van der Waals surface area contributed by atoms with E-state index in [1.165, 1.54) is 12.8 Å². The standard InChI is InChI=1S/C6H10O/c1-4-2-3-5-6(4)7-5/h4-6H,2-3H2,1H3/t4-,5?,6?/m1/s1. The molecule has 40 valence electrons. The van der Waals surface area contributed by atoms with E-state index in [9.17, 15) is 0 Å². The van der Waals surface area contributed by atoms with Crippen molar-refractivity contribution in [2.75, 3.05) is 0 Å². The van der Waals surface area contributed by atoms with Gasteiger partial charge in [-0.05, 0) is 18.8 Å². The van der Waals surface area contributed by atoms with Crippen molar-refractivity contribution in [1.29, 1.82) is 0 Å². The number of hydrogen-bond acceptors (Lipinski definition) is 1. The first-order valence-corrected chi connectivity index (χ1v) is 3.03. The van der Waals surface area contributed by atoms with E-state index in [0.29, 0.717) is 12.2 Å². The third kappa shape index (κ3) is 0.418. The fourth-order valence-electron chi connectivity index (χ4n) is 1.48. The van der Waals surface area contributed by atoms with Gasteiger partial charge in [-0.15, -0.1) is 0 Å². The molecule has 2 unspecified atom stereocenters. The number of fused-ring (bicyclic) bond motifs is 1. The lowest BCUT2D eigenvalue weighted by Gasteiger charge is -1.97. The molecule has 0 radical (unpaired) electrons. The molecule has 0 spiro atoms. The van der Waals surface area contributed by atoms with Gasteiger partial charge < -0.3 is 4.74 Å². The topological polar surface area (TPSA) is 12.5 Å². The molecule has 1 aliphatic heterocycles. The minimum absolute atomic E-state index is 0.681. The van der Waals surface area contributed by atoms with Crippen LogP contribution in [0.2, 0.25) is 0 Å². The molecule has 1 nitrogen and oxygen atoms in total. The third-order valence-corrected chi connectivity index (χ3v) is 2.09. The lowest BCUT2D eigenvalue weighted by atomic mass is 10.1. The van der Waals surface area contributed by atoms with Gasteiger partial charge in [0.25, 0.3) is 0 Å². The summed E-state index contributed by atoms with van der Waals surface area (Å²) in [6, 6.07) is 0. The van der Waals surface area contributed by atoms with Crippen molar-refractivity contribution in [3.8, 4) is 0 Å². The Bertz CT molecular complexity index is 90.2. The van der Waals surface area contributed by atoms with E-state index in [0.717, 1.165) is 5.92 Å². The molecule has 2 aliphatic rings. The summed E-state index contributed by atoms with van der Waals surface area (Å²) in [7, 11) is 0. The van der Waals surface area contributed by atoms with Gasteiger partial charge in [0.2, 0.25) is 0 Å². The molecule has 1 heteroatoms. The van der Waals surface area contributed by atoms with Crippen LogP contribution in [-0.2, 0) is 4.74 Å². The minimum atomic E-state index is 0.681. The second kappa shape index (κ2) is 1.03. The second-order valence-corrected chi connectivity index (χ2v) is 2.69. The predicted molar refractivity (Wildman–Crippen MR) is 27.1 cm³/mol. The first kappa shape index (κ1) is 3.90. The van der Waals surface area contributed by atoms with Gasteiger partial charge in [-0.2, -0.15) is 0 Å². The Morgan fingerprint density at radius 3 is 2.43 bits per heavy atom. The number of hydrogen-bond donors (Lipinski definition) is 0. The molecular formula is C6H10O. The zero-order chi connectivity index (χ0) is 4.85. The van der Waals surface area contributed by atoms with Gasteiger partial charge in [0.1, 0.15) is 0 Å². The van der Waals surface area contributed by atoms with Crippen molar-refractivity contribution >= 4 is 0 Å². The molecule has 2 fully saturated rings. The van der Waals surface area contributed by atoms with Crippen LogP contribution in [0, 0.1) is 5.92 Å². The van der Waals surface area contributed by atoms with Crippen LogP contribution in [0.5, 0.6) is 0 Å². The molecule has 1 saturated carbocycles. The molecule has 7 heavy (non-hydrogen) atoms. The van der Waals surface area contributed by atoms with Gasteiger partial charge in [-0.3, -0.25) is 0 Å². The molecule has 0 bridgehead atoms. The van der Waals surface area contributed by atoms with E-state index in [4.69, 9.17) is 4.74 Å². The van der Waals surface area contributed by atoms with Crippen molar-refractivity contribution in [2.45, 2.75) is 32.0 Å². The van der Waals surface area contributed by atoms with Crippen LogP contribution in [0.1, 0.15) is 19.8 Å². The van der Waals surface area contributed by atoms with Crippen LogP contribution >= 0.6 is 0 Å². The Morgan fingerprint density at radius 1 is 1.43 bits per heavy atom. The number of epoxide rings is 1. The van der Waals surface area contributed by atoms with Crippen LogP contribution in [0.4, 0.5) is 0 Å². The van der Waals surface area contributed by atoms with Gasteiger partial charge in [0.15, 0.2) is 0 Å². The minimum Gasteiger partial charge on any atom is -0.369 e. The Morgan fingerprint density at radius 2 is 2.29 bits per heavy atom. The van der Waals surface area contributed by atoms with Crippen LogP contribution in [0.25, 0.3) is 0 Å². The molecule has 0 N–H and O–H groups in total. The molecule has 0 amide bonds. The zero-order valence-corrected chi connectivity index (χ0v) is 4.55. The van der Waals surface area contributed by atoms with E-state index in [1.54, 1.807) is 0 Å². The maximum Gasteiger partial charge on any atom is 0.0867 e. The van der Waals surface area contributed by atoms with Gasteiger partial charge in [-0.25, -0.2) is 0 Å². The SMILES string of the molecule is C[C@@H]1CCC2OC21. The summed E-state index contributed by atoms with van der Waals surface area (Å²) < 4.78 is 5.27. The van der Waals surface area contributed by atoms with Crippen molar-refractivity contribution in [3.63, 3.8) is 0 Å². The average Bonchev–Trinajstić information content (AvgIpc) is 2.33. The first-order valence-electron chi connectivity index (χ1n) is 3.03. The predicted octanol–water partition coefficient (Wildman–Crippen LogP) is 1.18. The maximum atomic E-state index is 5.27. The van der Waals surface area contributed by atoms with E-state index in [1.807, 2.05) is 0 Å². The Labute approximate surface area is 43.7 Å². The van der Waals surface area contributed by atoms with Crippen molar-refractivity contribution in [1.82, 2.24) is 0 Å². The lowest BCUT2D eigenvalue weighted by molar-refractivity contribution is 0.276. The molecule has 1 heterocycles. The molecule has 0 aromatic carbocycles. The third-order valence-electron chi connectivity index (χ3n) is 2.09. The summed E-state index contributed by atoms with van der Waals surface area (Å²) in [6.07, 6.45) is 4.09. The molecule has 1 aliphatic carbocycles. The second-order valence-electron chi connectivity index (χ2n) is 2.69. The number of rotatable bonds is 0. The maximum absolute atomic E-state index is 5.27. The summed E-state index contributed by atoms with van der Waals surface area (Å²) in [5.41, 5.74) is 0. The van der Waals surface area contributed by atoms with Gasteiger partial charge in [0.05, 0.1) is 12.2 Å². The highest BCUT2D eigenvalue weighted by Gasteiger charge is 2.47. The monoisotopic (exact) mass is 98.1 g/mol. The summed E-state index contributed by atoms with van der Waals surface area (Å²) in [5, 5.41) is 0. The molecule has 3 atom stereocenters. The van der Waals surface area contributed by atoms with Gasteiger partial charge >= 0.3 is 0 Å². The Balaban J connectivity index is 2.08. The summed E-state index contributed by atoms with van der Waals surface area (Å²) in [5.74, 6) is 0.866. The Kier molecular flexibility index (Phi) is 0.571. The van der Waals surface area contributed by atoms with Gasteiger partial charge in [-0.1, -0.05) is 6.92 Å². The summed E-state index contributed by atoms with van der Waals surface area (Å²) in [4.78, 5) is 0. The van der Waals surface area contributed by atoms with Crippen LogP contribution < -0.4 is 0 Å². The summed E-state index contributed by atoms with van der Waals surface area (Å²) in [6.45, 7) is 2.28.